The highest BCUT2D eigenvalue weighted by Crippen LogP contribution is 2.71. The number of rotatable bonds is 10. The summed E-state index contributed by atoms with van der Waals surface area (Å²) in [6.07, 6.45) is 1.81. The smallest absolute Gasteiger partial charge is 0.244 e. The summed E-state index contributed by atoms with van der Waals surface area (Å²) in [4.78, 5) is 43.8. The van der Waals surface area contributed by atoms with Gasteiger partial charge < -0.3 is 25.4 Å². The van der Waals surface area contributed by atoms with Crippen LogP contribution in [0.25, 0.3) is 0 Å². The fourth-order valence-corrected chi connectivity index (χ4v) is 9.32. The van der Waals surface area contributed by atoms with Crippen LogP contribution in [0.2, 0.25) is 0 Å². The number of nitrogens with one attached hydrogen (secondary N) is 2. The standard InChI is InChI=1S/C31H39N3O5S/c1-5-39-23-13-11-21(12-14-23)33-27(36)24-25-29(38)34(22(18-35)17-20-9-7-6-8-10-20)26(28(37)32-19(2)3)31(25)16-15-30(24,4)40-31/h6-14,19,22,24-26,35H,5,15-18H2,1-4H3,(H,32,37)(H,33,36)/t22-,24+,25+,26?,30-,31?/m1/s1. The molecule has 0 aliphatic carbocycles. The molecule has 3 aliphatic rings. The predicted molar refractivity (Wildman–Crippen MR) is 156 cm³/mol. The number of aliphatic hydroxyl groups is 1. The van der Waals surface area contributed by atoms with Crippen molar-refractivity contribution in [3.8, 4) is 5.75 Å². The molecule has 2 aromatic rings. The summed E-state index contributed by atoms with van der Waals surface area (Å²) >= 11 is 1.63. The van der Waals surface area contributed by atoms with Gasteiger partial charge in [0.25, 0.3) is 0 Å². The fourth-order valence-electron chi connectivity index (χ4n) is 6.98. The highest BCUT2D eigenvalue weighted by atomic mass is 32.2. The van der Waals surface area contributed by atoms with Gasteiger partial charge in [-0.25, -0.2) is 0 Å². The normalized spacial score (nSPS) is 29.4. The Bertz CT molecular complexity index is 1260. The van der Waals surface area contributed by atoms with Crippen molar-refractivity contribution in [2.75, 3.05) is 18.5 Å². The third-order valence-electron chi connectivity index (χ3n) is 8.53. The number of ether oxygens (including phenoxy) is 1. The van der Waals surface area contributed by atoms with Crippen LogP contribution in [0.3, 0.4) is 0 Å². The summed E-state index contributed by atoms with van der Waals surface area (Å²) in [6, 6.07) is 15.4. The first-order chi connectivity index (χ1) is 19.1. The van der Waals surface area contributed by atoms with Gasteiger partial charge in [0.1, 0.15) is 11.8 Å². The molecular formula is C31H39N3O5S. The van der Waals surface area contributed by atoms with Crippen molar-refractivity contribution in [1.29, 1.82) is 0 Å². The number of aliphatic hydroxyl groups excluding tert-OH is 1. The Morgan fingerprint density at radius 1 is 1.10 bits per heavy atom. The predicted octanol–water partition coefficient (Wildman–Crippen LogP) is 3.63. The molecule has 2 bridgehead atoms. The van der Waals surface area contributed by atoms with Crippen LogP contribution in [0.15, 0.2) is 54.6 Å². The zero-order valence-electron chi connectivity index (χ0n) is 23.6. The summed E-state index contributed by atoms with van der Waals surface area (Å²) in [6.45, 7) is 8.04. The van der Waals surface area contributed by atoms with Crippen LogP contribution >= 0.6 is 11.8 Å². The van der Waals surface area contributed by atoms with Crippen LogP contribution < -0.4 is 15.4 Å². The lowest BCUT2D eigenvalue weighted by Gasteiger charge is -2.37. The van der Waals surface area contributed by atoms with E-state index in [1.54, 1.807) is 28.8 Å². The number of benzene rings is 2. The number of hydrogen-bond donors (Lipinski definition) is 3. The molecule has 214 valence electrons. The van der Waals surface area contributed by atoms with Crippen LogP contribution in [0.5, 0.6) is 5.75 Å². The van der Waals surface area contributed by atoms with Gasteiger partial charge in [-0.1, -0.05) is 30.3 Å². The van der Waals surface area contributed by atoms with Gasteiger partial charge in [-0.3, -0.25) is 14.4 Å². The number of likely N-dealkylation sites (tertiary alicyclic amines) is 1. The Morgan fingerprint density at radius 2 is 1.80 bits per heavy atom. The Kier molecular flexibility index (Phi) is 7.90. The van der Waals surface area contributed by atoms with Gasteiger partial charge in [-0.15, -0.1) is 11.8 Å². The second-order valence-electron chi connectivity index (χ2n) is 11.6. The summed E-state index contributed by atoms with van der Waals surface area (Å²) in [5.74, 6) is -1.21. The Labute approximate surface area is 240 Å². The van der Waals surface area contributed by atoms with Crippen LogP contribution in [0, 0.1) is 11.8 Å². The van der Waals surface area contributed by atoms with E-state index < -0.39 is 33.4 Å². The number of fused-ring (bicyclic) bond motifs is 1. The number of nitrogens with zero attached hydrogens (tertiary/aromatic N) is 1. The molecule has 0 radical (unpaired) electrons. The molecule has 6 atom stereocenters. The van der Waals surface area contributed by atoms with E-state index in [9.17, 15) is 19.5 Å². The highest BCUT2D eigenvalue weighted by molar-refractivity contribution is 8.02. The molecule has 9 heteroatoms. The molecule has 1 spiro atoms. The third-order valence-corrected chi connectivity index (χ3v) is 10.5. The molecule has 2 aromatic carbocycles. The molecule has 3 amide bonds. The number of carbonyl (C=O) groups excluding carboxylic acids is 3. The minimum atomic E-state index is -0.775. The molecule has 40 heavy (non-hydrogen) atoms. The SMILES string of the molecule is CCOc1ccc(NC(=O)[C@@H]2[C@H]3C(=O)N([C@@H](CO)Cc4ccccc4)C(C(=O)NC(C)C)C34CC[C@@]2(C)S4)cc1. The minimum Gasteiger partial charge on any atom is -0.494 e. The monoisotopic (exact) mass is 565 g/mol. The number of amides is 3. The fraction of sp³-hybridized carbons (Fsp3) is 0.516. The molecular weight excluding hydrogens is 526 g/mol. The molecule has 3 heterocycles. The Hall–Kier alpha value is -3.04. The Balaban J connectivity index is 1.49. The molecule has 3 aliphatic heterocycles. The summed E-state index contributed by atoms with van der Waals surface area (Å²) in [5, 5.41) is 16.6. The van der Waals surface area contributed by atoms with Gasteiger partial charge >= 0.3 is 0 Å². The highest BCUT2D eigenvalue weighted by Gasteiger charge is 2.77. The number of carbonyl (C=O) groups is 3. The molecule has 0 saturated carbocycles. The average molecular weight is 566 g/mol. The average Bonchev–Trinajstić information content (AvgIpc) is 3.49. The number of hydrogen-bond acceptors (Lipinski definition) is 6. The second-order valence-corrected chi connectivity index (χ2v) is 13.5. The first-order valence-electron chi connectivity index (χ1n) is 14.1. The third kappa shape index (κ3) is 4.87. The zero-order valence-corrected chi connectivity index (χ0v) is 24.4. The van der Waals surface area contributed by atoms with Crippen molar-refractivity contribution >= 4 is 35.2 Å². The molecule has 3 fully saturated rings. The molecule has 5 rings (SSSR count). The van der Waals surface area contributed by atoms with Gasteiger partial charge in [-0.2, -0.15) is 0 Å². The summed E-state index contributed by atoms with van der Waals surface area (Å²) < 4.78 is 4.30. The van der Waals surface area contributed by atoms with E-state index in [0.717, 1.165) is 17.7 Å². The van der Waals surface area contributed by atoms with E-state index in [2.05, 4.69) is 17.6 Å². The van der Waals surface area contributed by atoms with E-state index in [0.29, 0.717) is 25.1 Å². The van der Waals surface area contributed by atoms with Crippen LogP contribution in [-0.4, -0.2) is 68.6 Å². The molecule has 8 nitrogen and oxygen atoms in total. The number of anilines is 1. The maximum Gasteiger partial charge on any atom is 0.244 e. The minimum absolute atomic E-state index is 0.112. The summed E-state index contributed by atoms with van der Waals surface area (Å²) in [5.41, 5.74) is 1.60. The van der Waals surface area contributed by atoms with Crippen molar-refractivity contribution in [3.63, 3.8) is 0 Å². The molecule has 3 N–H and O–H groups in total. The van der Waals surface area contributed by atoms with Gasteiger partial charge in [0, 0.05) is 16.5 Å². The van der Waals surface area contributed by atoms with Crippen molar-refractivity contribution in [1.82, 2.24) is 10.2 Å². The lowest BCUT2D eigenvalue weighted by molar-refractivity contribution is -0.142. The first-order valence-corrected chi connectivity index (χ1v) is 15.0. The van der Waals surface area contributed by atoms with Gasteiger partial charge in [0.2, 0.25) is 17.7 Å². The zero-order chi connectivity index (χ0) is 28.7. The lowest BCUT2D eigenvalue weighted by Crippen LogP contribution is -2.57. The molecule has 3 saturated heterocycles. The summed E-state index contributed by atoms with van der Waals surface area (Å²) in [7, 11) is 0. The number of thioether (sulfide) groups is 1. The van der Waals surface area contributed by atoms with Gasteiger partial charge in [0.05, 0.1) is 35.8 Å². The molecule has 2 unspecified atom stereocenters. The molecule has 0 aromatic heterocycles. The maximum absolute atomic E-state index is 14.4. The van der Waals surface area contributed by atoms with Crippen molar-refractivity contribution in [2.45, 2.75) is 74.6 Å². The van der Waals surface area contributed by atoms with Crippen molar-refractivity contribution < 1.29 is 24.2 Å². The van der Waals surface area contributed by atoms with E-state index in [1.165, 1.54) is 0 Å². The van der Waals surface area contributed by atoms with Gasteiger partial charge in [0.15, 0.2) is 0 Å². The quantitative estimate of drug-likeness (QED) is 0.406. The largest absolute Gasteiger partial charge is 0.494 e. The van der Waals surface area contributed by atoms with Crippen LogP contribution in [0.4, 0.5) is 5.69 Å². The van der Waals surface area contributed by atoms with Gasteiger partial charge in [-0.05, 0) is 76.8 Å². The van der Waals surface area contributed by atoms with E-state index in [1.807, 2.05) is 63.2 Å². The lowest BCUT2D eigenvalue weighted by atomic mass is 9.66. The Morgan fingerprint density at radius 3 is 2.42 bits per heavy atom. The van der Waals surface area contributed by atoms with Crippen LogP contribution in [-0.2, 0) is 20.8 Å². The van der Waals surface area contributed by atoms with E-state index in [4.69, 9.17) is 4.74 Å². The van der Waals surface area contributed by atoms with Crippen molar-refractivity contribution in [3.05, 3.63) is 60.2 Å². The topological polar surface area (TPSA) is 108 Å². The maximum atomic E-state index is 14.4. The second kappa shape index (κ2) is 11.1. The van der Waals surface area contributed by atoms with E-state index in [-0.39, 0.29) is 30.4 Å². The first kappa shape index (κ1) is 28.5. The van der Waals surface area contributed by atoms with Crippen molar-refractivity contribution in [2.24, 2.45) is 11.8 Å². The van der Waals surface area contributed by atoms with E-state index >= 15 is 0 Å². The van der Waals surface area contributed by atoms with Crippen LogP contribution in [0.1, 0.15) is 46.1 Å².